The summed E-state index contributed by atoms with van der Waals surface area (Å²) >= 11 is 1.45. The van der Waals surface area contributed by atoms with Gasteiger partial charge < -0.3 is 30.6 Å². The number of aromatic carboxylic acids is 1. The molecule has 0 aromatic heterocycles. The quantitative estimate of drug-likeness (QED) is 0.399. The molecule has 2 aromatic carbocycles. The van der Waals surface area contributed by atoms with Crippen LogP contribution in [0.15, 0.2) is 42.5 Å². The number of aldehydes is 1. The molecule has 2 atom stereocenters. The topological polar surface area (TPSA) is 139 Å². The lowest BCUT2D eigenvalue weighted by Gasteiger charge is -2.35. The number of carboxylic acid groups (broad SMARTS) is 1. The Bertz CT molecular complexity index is 1100. The number of carboxylic acids is 1. The van der Waals surface area contributed by atoms with Crippen molar-refractivity contribution in [3.8, 4) is 0 Å². The first kappa shape index (κ1) is 25.1. The minimum Gasteiger partial charge on any atom is -0.478 e. The van der Waals surface area contributed by atoms with E-state index in [2.05, 4.69) is 5.32 Å². The Morgan fingerprint density at radius 3 is 2.44 bits per heavy atom. The predicted molar refractivity (Wildman–Crippen MR) is 130 cm³/mol. The van der Waals surface area contributed by atoms with E-state index < -0.39 is 35.0 Å². The molecule has 2 unspecified atom stereocenters. The van der Waals surface area contributed by atoms with Crippen LogP contribution in [-0.2, 0) is 20.7 Å². The number of hydrogen-bond acceptors (Lipinski definition) is 7. The molecule has 1 fully saturated rings. The molecule has 1 aliphatic heterocycles. The van der Waals surface area contributed by atoms with Crippen molar-refractivity contribution in [2.45, 2.75) is 44.2 Å². The standard InChI is InChI=1S/C24H27N3O6S/c1-24(2,3)33-22(31)17-13-34-20(15-7-5-4-6-8-15)27(17)19-16(21(29)30)10-9-14(11-12-28)18(19)26-23(25)32/h4-10,12,17,20H,11,13H2,1-3H3,(H,29,30)(H3,25,26,32). The van der Waals surface area contributed by atoms with Gasteiger partial charge in [0.05, 0.1) is 16.9 Å². The van der Waals surface area contributed by atoms with Gasteiger partial charge >= 0.3 is 18.0 Å². The summed E-state index contributed by atoms with van der Waals surface area (Å²) in [5, 5.41) is 12.0. The van der Waals surface area contributed by atoms with Crippen LogP contribution in [0.2, 0.25) is 0 Å². The van der Waals surface area contributed by atoms with E-state index in [1.807, 2.05) is 30.3 Å². The van der Waals surface area contributed by atoms with Crippen LogP contribution in [-0.4, -0.2) is 46.8 Å². The van der Waals surface area contributed by atoms with Gasteiger partial charge in [-0.2, -0.15) is 0 Å². The first-order valence-corrected chi connectivity index (χ1v) is 11.7. The van der Waals surface area contributed by atoms with E-state index in [9.17, 15) is 24.3 Å². The Morgan fingerprint density at radius 2 is 1.88 bits per heavy atom. The summed E-state index contributed by atoms with van der Waals surface area (Å²) in [6, 6.07) is 10.3. The Balaban J connectivity index is 2.28. The maximum atomic E-state index is 13.3. The van der Waals surface area contributed by atoms with E-state index >= 15 is 0 Å². The van der Waals surface area contributed by atoms with Gasteiger partial charge in [0.1, 0.15) is 23.3 Å². The van der Waals surface area contributed by atoms with E-state index in [1.54, 1.807) is 25.7 Å². The third-order valence-corrected chi connectivity index (χ3v) is 6.39. The molecule has 9 nitrogen and oxygen atoms in total. The summed E-state index contributed by atoms with van der Waals surface area (Å²) in [6.45, 7) is 5.25. The number of ether oxygens (including phenoxy) is 1. The van der Waals surface area contributed by atoms with Gasteiger partial charge in [0.15, 0.2) is 0 Å². The number of anilines is 2. The van der Waals surface area contributed by atoms with Gasteiger partial charge in [0, 0.05) is 12.2 Å². The molecular weight excluding hydrogens is 458 g/mol. The van der Waals surface area contributed by atoms with Gasteiger partial charge in [-0.1, -0.05) is 36.4 Å². The Morgan fingerprint density at radius 1 is 1.21 bits per heavy atom. The lowest BCUT2D eigenvalue weighted by Crippen LogP contribution is -2.44. The van der Waals surface area contributed by atoms with Crippen LogP contribution in [0, 0.1) is 0 Å². The van der Waals surface area contributed by atoms with Crippen molar-refractivity contribution < 1.29 is 29.0 Å². The predicted octanol–water partition coefficient (Wildman–Crippen LogP) is 3.58. The van der Waals surface area contributed by atoms with Crippen LogP contribution < -0.4 is 16.0 Å². The van der Waals surface area contributed by atoms with E-state index in [0.717, 1.165) is 5.56 Å². The van der Waals surface area contributed by atoms with E-state index in [1.165, 1.54) is 23.9 Å². The number of primary amides is 1. The maximum absolute atomic E-state index is 13.3. The number of carbonyl (C=O) groups is 4. The average Bonchev–Trinajstić information content (AvgIpc) is 3.18. The highest BCUT2D eigenvalue weighted by molar-refractivity contribution is 8.00. The smallest absolute Gasteiger partial charge is 0.337 e. The summed E-state index contributed by atoms with van der Waals surface area (Å²) in [4.78, 5) is 50.4. The zero-order chi connectivity index (χ0) is 25.0. The van der Waals surface area contributed by atoms with Crippen LogP contribution in [0.3, 0.4) is 0 Å². The zero-order valence-corrected chi connectivity index (χ0v) is 19.9. The second-order valence-corrected chi connectivity index (χ2v) is 9.83. The molecule has 0 bridgehead atoms. The maximum Gasteiger partial charge on any atom is 0.337 e. The monoisotopic (exact) mass is 485 g/mol. The molecule has 2 aromatic rings. The lowest BCUT2D eigenvalue weighted by molar-refractivity contribution is -0.155. The van der Waals surface area contributed by atoms with Crippen molar-refractivity contribution in [2.75, 3.05) is 16.0 Å². The molecule has 10 heteroatoms. The summed E-state index contributed by atoms with van der Waals surface area (Å²) in [6.07, 6.45) is 0.557. The third-order valence-electron chi connectivity index (χ3n) is 5.07. The molecule has 1 saturated heterocycles. The minimum absolute atomic E-state index is 0.0801. The summed E-state index contributed by atoms with van der Waals surface area (Å²) in [7, 11) is 0. The Kier molecular flexibility index (Phi) is 7.51. The summed E-state index contributed by atoms with van der Waals surface area (Å²) in [5.74, 6) is -1.46. The molecule has 1 aliphatic rings. The number of nitrogens with one attached hydrogen (secondary N) is 1. The van der Waals surface area contributed by atoms with Crippen molar-refractivity contribution in [1.82, 2.24) is 0 Å². The molecule has 180 valence electrons. The molecule has 0 radical (unpaired) electrons. The summed E-state index contributed by atoms with van der Waals surface area (Å²) in [5.41, 5.74) is 5.89. The normalized spacial score (nSPS) is 17.8. The number of amides is 2. The molecule has 0 aliphatic carbocycles. The van der Waals surface area contributed by atoms with Crippen LogP contribution in [0.4, 0.5) is 16.2 Å². The number of carbonyl (C=O) groups excluding carboxylic acids is 3. The van der Waals surface area contributed by atoms with Gasteiger partial charge in [0.2, 0.25) is 0 Å². The minimum atomic E-state index is -1.26. The number of hydrogen-bond donors (Lipinski definition) is 3. The third kappa shape index (κ3) is 5.51. The second-order valence-electron chi connectivity index (χ2n) is 8.71. The molecule has 34 heavy (non-hydrogen) atoms. The van der Waals surface area contributed by atoms with E-state index in [-0.39, 0.29) is 23.4 Å². The van der Waals surface area contributed by atoms with Crippen LogP contribution >= 0.6 is 11.8 Å². The number of nitrogens with zero attached hydrogens (tertiary/aromatic N) is 1. The fourth-order valence-corrected chi connectivity index (χ4v) is 5.23. The van der Waals surface area contributed by atoms with Crippen LogP contribution in [0.25, 0.3) is 0 Å². The van der Waals surface area contributed by atoms with Crippen LogP contribution in [0.1, 0.15) is 47.6 Å². The molecule has 0 saturated carbocycles. The van der Waals surface area contributed by atoms with Crippen molar-refractivity contribution in [3.63, 3.8) is 0 Å². The number of benzene rings is 2. The zero-order valence-electron chi connectivity index (χ0n) is 19.1. The van der Waals surface area contributed by atoms with Crippen molar-refractivity contribution in [2.24, 2.45) is 5.73 Å². The number of thioether (sulfide) groups is 1. The highest BCUT2D eigenvalue weighted by Crippen LogP contribution is 2.49. The number of rotatable bonds is 7. The van der Waals surface area contributed by atoms with Crippen molar-refractivity contribution >= 4 is 47.4 Å². The number of nitrogens with two attached hydrogens (primary N) is 1. The average molecular weight is 486 g/mol. The highest BCUT2D eigenvalue weighted by Gasteiger charge is 2.44. The molecule has 3 rings (SSSR count). The molecule has 4 N–H and O–H groups in total. The molecule has 2 amide bonds. The molecular formula is C24H27N3O6S. The van der Waals surface area contributed by atoms with E-state index in [4.69, 9.17) is 10.5 Å². The van der Waals surface area contributed by atoms with Gasteiger partial charge in [-0.3, -0.25) is 0 Å². The van der Waals surface area contributed by atoms with E-state index in [0.29, 0.717) is 17.6 Å². The number of esters is 1. The van der Waals surface area contributed by atoms with Crippen LogP contribution in [0.5, 0.6) is 0 Å². The molecule has 1 heterocycles. The van der Waals surface area contributed by atoms with Gasteiger partial charge in [-0.15, -0.1) is 11.8 Å². The number of urea groups is 1. The SMILES string of the molecule is CC(C)(C)OC(=O)C1CSC(c2ccccc2)N1c1c(C(=O)O)ccc(CC=O)c1NC(N)=O. The Labute approximate surface area is 201 Å². The van der Waals surface area contributed by atoms with Gasteiger partial charge in [-0.05, 0) is 38.0 Å². The van der Waals surface area contributed by atoms with Crippen molar-refractivity contribution in [3.05, 3.63) is 59.2 Å². The molecule has 0 spiro atoms. The Hall–Kier alpha value is -3.53. The largest absolute Gasteiger partial charge is 0.478 e. The fourth-order valence-electron chi connectivity index (χ4n) is 3.80. The fraction of sp³-hybridized carbons (Fsp3) is 0.333. The van der Waals surface area contributed by atoms with Crippen molar-refractivity contribution in [1.29, 1.82) is 0 Å². The highest BCUT2D eigenvalue weighted by atomic mass is 32.2. The lowest BCUT2D eigenvalue weighted by atomic mass is 10.0. The van der Waals surface area contributed by atoms with Gasteiger partial charge in [-0.25, -0.2) is 14.4 Å². The first-order valence-electron chi connectivity index (χ1n) is 10.6. The van der Waals surface area contributed by atoms with Gasteiger partial charge in [0.25, 0.3) is 0 Å². The summed E-state index contributed by atoms with van der Waals surface area (Å²) < 4.78 is 5.65. The first-order chi connectivity index (χ1) is 16.0. The second kappa shape index (κ2) is 10.2.